The largest absolute Gasteiger partial charge is 0.398 e. The maximum Gasteiger partial charge on any atom is 0.253 e. The molecule has 7 amide bonds. The van der Waals surface area contributed by atoms with Gasteiger partial charge in [-0.15, -0.1) is 5.10 Å². The average Bonchev–Trinajstić information content (AvgIpc) is 3.56. The summed E-state index contributed by atoms with van der Waals surface area (Å²) < 4.78 is 0. The number of carbonyl (C=O) groups excluding carboxylic acids is 8. The van der Waals surface area contributed by atoms with E-state index in [-0.39, 0.29) is 121 Å². The lowest BCUT2D eigenvalue weighted by molar-refractivity contribution is -0.138. The van der Waals surface area contributed by atoms with Crippen LogP contribution in [-0.2, 0) is 35.3 Å². The number of carbonyl (C=O) groups is 8. The minimum absolute atomic E-state index is 0.0179. The molecule has 17 N–H and O–H groups in total. The van der Waals surface area contributed by atoms with Crippen molar-refractivity contribution in [2.24, 2.45) is 16.7 Å². The van der Waals surface area contributed by atoms with Crippen LogP contribution < -0.4 is 66.2 Å². The van der Waals surface area contributed by atoms with Gasteiger partial charge in [0.2, 0.25) is 35.5 Å². The van der Waals surface area contributed by atoms with Crippen molar-refractivity contribution in [3.63, 3.8) is 0 Å². The fourth-order valence-corrected chi connectivity index (χ4v) is 7.15. The van der Waals surface area contributed by atoms with Gasteiger partial charge in [-0.3, -0.25) is 38.5 Å². The molecular formula is C42H54N18O8S. The summed E-state index contributed by atoms with van der Waals surface area (Å²) in [6, 6.07) is 6.93. The van der Waals surface area contributed by atoms with E-state index < -0.39 is 41.0 Å². The summed E-state index contributed by atoms with van der Waals surface area (Å²) in [5, 5.41) is 19.3. The minimum atomic E-state index is -1.05. The number of nitrogens with zero attached hydrogens (tertiary/aromatic N) is 6. The highest BCUT2D eigenvalue weighted by molar-refractivity contribution is 7.81. The van der Waals surface area contributed by atoms with Crippen LogP contribution in [0.3, 0.4) is 0 Å². The van der Waals surface area contributed by atoms with Gasteiger partial charge < -0.3 is 59.6 Å². The highest BCUT2D eigenvalue weighted by Gasteiger charge is 2.35. The SMILES string of the molecule is CC(NC(=O)CNC(=O)CCCCCN1C(=O)CC(S)C1=O)C(=O)Nc1ccc(C(=O)NCCCC(C=O)NC(=O)c2ccc(NCc3cnc4nc(N)nc(N)c4n3)cc2N)c(/C(N)=N/NN)c1. The van der Waals surface area contributed by atoms with Crippen molar-refractivity contribution in [3.8, 4) is 0 Å². The molecule has 2 aromatic carbocycles. The second kappa shape index (κ2) is 24.5. The van der Waals surface area contributed by atoms with Crippen LogP contribution in [0.5, 0.6) is 0 Å². The summed E-state index contributed by atoms with van der Waals surface area (Å²) in [5.41, 5.74) is 28.1. The van der Waals surface area contributed by atoms with Gasteiger partial charge in [-0.25, -0.2) is 21.3 Å². The van der Waals surface area contributed by atoms with E-state index in [1.807, 2.05) is 0 Å². The van der Waals surface area contributed by atoms with Crippen molar-refractivity contribution in [2.75, 3.05) is 47.5 Å². The van der Waals surface area contributed by atoms with E-state index >= 15 is 0 Å². The van der Waals surface area contributed by atoms with Gasteiger partial charge in [0, 0.05) is 48.6 Å². The van der Waals surface area contributed by atoms with Crippen LogP contribution in [0.25, 0.3) is 11.2 Å². The summed E-state index contributed by atoms with van der Waals surface area (Å²) in [6.45, 7) is 1.63. The Balaban J connectivity index is 1.04. The molecule has 3 heterocycles. The molecule has 5 rings (SSSR count). The van der Waals surface area contributed by atoms with Gasteiger partial charge in [0.05, 0.1) is 47.4 Å². The van der Waals surface area contributed by atoms with Crippen molar-refractivity contribution >= 4 is 106 Å². The second-order valence-electron chi connectivity index (χ2n) is 15.6. The Bertz CT molecular complexity index is 2630. The van der Waals surface area contributed by atoms with E-state index in [2.05, 4.69) is 75.1 Å². The summed E-state index contributed by atoms with van der Waals surface area (Å²) in [5.74, 6) is 1.84. The number of nitrogens with one attached hydrogen (secondary N) is 7. The van der Waals surface area contributed by atoms with Gasteiger partial charge in [0.1, 0.15) is 12.3 Å². The Labute approximate surface area is 399 Å². The normalized spacial score (nSPS) is 14.4. The number of nitrogens with two attached hydrogens (primary N) is 5. The zero-order chi connectivity index (χ0) is 50.2. The maximum atomic E-state index is 13.3. The molecule has 2 aromatic heterocycles. The van der Waals surface area contributed by atoms with Crippen molar-refractivity contribution in [1.29, 1.82) is 0 Å². The van der Waals surface area contributed by atoms with Gasteiger partial charge in [-0.05, 0) is 69.0 Å². The van der Waals surface area contributed by atoms with E-state index in [9.17, 15) is 38.4 Å². The van der Waals surface area contributed by atoms with Gasteiger partial charge >= 0.3 is 0 Å². The van der Waals surface area contributed by atoms with Crippen LogP contribution >= 0.6 is 12.6 Å². The predicted molar refractivity (Wildman–Crippen MR) is 257 cm³/mol. The first kappa shape index (κ1) is 51.8. The van der Waals surface area contributed by atoms with Gasteiger partial charge in [-0.1, -0.05) is 6.42 Å². The maximum absolute atomic E-state index is 13.3. The third-order valence-electron chi connectivity index (χ3n) is 10.4. The molecule has 0 spiro atoms. The number of hydrogen-bond donors (Lipinski definition) is 13. The highest BCUT2D eigenvalue weighted by Crippen LogP contribution is 2.22. The van der Waals surface area contributed by atoms with E-state index in [4.69, 9.17) is 28.8 Å². The molecule has 0 saturated carbocycles. The summed E-state index contributed by atoms with van der Waals surface area (Å²) in [7, 11) is 0. The van der Waals surface area contributed by atoms with Crippen LogP contribution in [0.1, 0.15) is 83.8 Å². The fourth-order valence-electron chi connectivity index (χ4n) is 6.85. The number of thiol groups is 1. The number of rotatable bonds is 24. The number of nitrogen functional groups attached to an aromatic ring is 3. The van der Waals surface area contributed by atoms with Crippen LogP contribution in [0.2, 0.25) is 0 Å². The highest BCUT2D eigenvalue weighted by atomic mass is 32.1. The first-order valence-electron chi connectivity index (χ1n) is 21.5. The zero-order valence-corrected chi connectivity index (χ0v) is 38.3. The van der Waals surface area contributed by atoms with Crippen LogP contribution in [-0.4, -0.2) is 115 Å². The number of imide groups is 1. The monoisotopic (exact) mass is 970 g/mol. The first-order chi connectivity index (χ1) is 33.0. The number of fused-ring (bicyclic) bond motifs is 1. The zero-order valence-electron chi connectivity index (χ0n) is 37.4. The van der Waals surface area contributed by atoms with Crippen molar-refractivity contribution in [3.05, 3.63) is 65.0 Å². The molecule has 1 saturated heterocycles. The lowest BCUT2D eigenvalue weighted by Crippen LogP contribution is -2.45. The molecule has 1 fully saturated rings. The molecule has 1 aliphatic heterocycles. The minimum Gasteiger partial charge on any atom is -0.398 e. The number of benzene rings is 2. The number of anilines is 5. The Morgan fingerprint density at radius 1 is 0.899 bits per heavy atom. The number of unbranched alkanes of at least 4 members (excludes halogenated alkanes) is 2. The molecule has 1 aliphatic rings. The fraction of sp³-hybridized carbons (Fsp3) is 0.357. The molecule has 4 aromatic rings. The smallest absolute Gasteiger partial charge is 0.253 e. The topological polar surface area (TPSA) is 418 Å². The Kier molecular flexibility index (Phi) is 18.4. The molecule has 3 atom stereocenters. The number of amidine groups is 1. The van der Waals surface area contributed by atoms with Gasteiger partial charge in [0.15, 0.2) is 22.8 Å². The summed E-state index contributed by atoms with van der Waals surface area (Å²) in [6.07, 6.45) is 4.30. The first-order valence-corrected chi connectivity index (χ1v) is 22.0. The average molecular weight is 971 g/mol. The number of hydrazone groups is 1. The number of aromatic nitrogens is 4. The van der Waals surface area contributed by atoms with Crippen molar-refractivity contribution < 1.29 is 38.4 Å². The molecule has 0 aliphatic carbocycles. The lowest BCUT2D eigenvalue weighted by Gasteiger charge is -2.17. The standard InChI is InChI=1S/C42H54N18O8S/c1-21(52-32(63)19-50-31(62)7-3-2-4-13-60-33(64)16-30(69)41(60)68)38(65)54-23-9-10-26(28(14-23)35(44)58-59-47)39(66)48-12-5-6-24(20-61)55-40(67)27-11-8-22(15-29(27)43)49-17-25-18-51-37-34(53-25)36(45)56-42(46)57-37/h8-11,14-15,18,20-21,24,30,49,59,69H,2-7,12-13,16-17,19,43,47H2,1H3,(H2,44,58)(H,48,66)(H,50,62)(H,52,63)(H,54,65)(H,55,67)(H4,45,46,51,56,57). The van der Waals surface area contributed by atoms with Gasteiger partial charge in [0.25, 0.3) is 11.8 Å². The Hall–Kier alpha value is -8.20. The number of hydrazine groups is 1. The molecule has 3 unspecified atom stereocenters. The molecule has 69 heavy (non-hydrogen) atoms. The molecule has 0 radical (unpaired) electrons. The van der Waals surface area contributed by atoms with Gasteiger partial charge in [-0.2, -0.15) is 22.6 Å². The molecule has 26 nitrogen and oxygen atoms in total. The third-order valence-corrected chi connectivity index (χ3v) is 10.8. The van der Waals surface area contributed by atoms with Crippen molar-refractivity contribution in [1.82, 2.24) is 51.6 Å². The quantitative estimate of drug-likeness (QED) is 0.00439. The van der Waals surface area contributed by atoms with E-state index in [0.29, 0.717) is 42.4 Å². The summed E-state index contributed by atoms with van der Waals surface area (Å²) in [4.78, 5) is 118. The van der Waals surface area contributed by atoms with E-state index in [1.165, 1.54) is 42.3 Å². The number of likely N-dealkylation sites (tertiary alicyclic amines) is 1. The lowest BCUT2D eigenvalue weighted by atomic mass is 10.0. The molecule has 366 valence electrons. The van der Waals surface area contributed by atoms with Crippen LogP contribution in [0, 0.1) is 0 Å². The molecule has 0 bridgehead atoms. The number of hydrogen-bond acceptors (Lipinski definition) is 20. The molecular weight excluding hydrogens is 917 g/mol. The molecule has 27 heteroatoms. The van der Waals surface area contributed by atoms with E-state index in [1.54, 1.807) is 12.1 Å². The van der Waals surface area contributed by atoms with E-state index in [0.717, 1.165) is 0 Å². The van der Waals surface area contributed by atoms with Crippen molar-refractivity contribution in [2.45, 2.75) is 75.7 Å². The number of amides is 7. The summed E-state index contributed by atoms with van der Waals surface area (Å²) >= 11 is 4.09. The Morgan fingerprint density at radius 2 is 1.65 bits per heavy atom. The third kappa shape index (κ3) is 14.6. The Morgan fingerprint density at radius 3 is 2.36 bits per heavy atom. The number of aldehydes is 1. The predicted octanol–water partition coefficient (Wildman–Crippen LogP) is -1.45. The second-order valence-corrected chi connectivity index (χ2v) is 16.2. The van der Waals surface area contributed by atoms with Crippen LogP contribution in [0.15, 0.2) is 47.7 Å². The van der Waals surface area contributed by atoms with Crippen LogP contribution in [0.4, 0.5) is 28.8 Å².